The topological polar surface area (TPSA) is 64.7 Å². The van der Waals surface area contributed by atoms with E-state index in [9.17, 15) is 0 Å². The molecule has 0 fully saturated rings. The summed E-state index contributed by atoms with van der Waals surface area (Å²) in [5.41, 5.74) is 12.9. The van der Waals surface area contributed by atoms with Crippen LogP contribution < -0.4 is 0 Å². The van der Waals surface area contributed by atoms with Crippen molar-refractivity contribution in [3.63, 3.8) is 0 Å². The molecule has 0 bridgehead atoms. The number of pyridine rings is 2. The summed E-state index contributed by atoms with van der Waals surface area (Å²) in [4.78, 5) is 18.9. The summed E-state index contributed by atoms with van der Waals surface area (Å²) in [5, 5.41) is 2.09. The highest BCUT2D eigenvalue weighted by molar-refractivity contribution is 6.07. The molecule has 0 spiro atoms. The van der Waals surface area contributed by atoms with Crippen molar-refractivity contribution in [1.29, 1.82) is 0 Å². The highest BCUT2D eigenvalue weighted by atomic mass is 16.3. The number of fused-ring (bicyclic) bond motifs is 3. The van der Waals surface area contributed by atoms with Gasteiger partial charge in [0, 0.05) is 57.8 Å². The zero-order valence-corrected chi connectivity index (χ0v) is 26.4. The zero-order chi connectivity index (χ0) is 32.6. The molecule has 5 heteroatoms. The average Bonchev–Trinajstić information content (AvgIpc) is 3.56. The van der Waals surface area contributed by atoms with Gasteiger partial charge in [-0.25, -0.2) is 9.97 Å². The van der Waals surface area contributed by atoms with Crippen LogP contribution in [0.15, 0.2) is 175 Å². The molecule has 0 amide bonds. The molecule has 0 unspecified atom stereocenters. The number of nitrogens with zero attached hydrogens (tertiary/aromatic N) is 4. The zero-order valence-electron chi connectivity index (χ0n) is 26.4. The SMILES string of the molecule is c1ccc(-c2ccc3oc4ccc(-c5nc(-c6ccc(-c7cccnc7)cc6)cc(-c6cccc(-c7cccnc7)c6)n5)cc4c3c2)cc1. The summed E-state index contributed by atoms with van der Waals surface area (Å²) in [6.07, 6.45) is 7.34. The lowest BCUT2D eigenvalue weighted by atomic mass is 10.00. The Balaban J connectivity index is 1.19. The molecule has 230 valence electrons. The van der Waals surface area contributed by atoms with Crippen LogP contribution in [0, 0.1) is 0 Å². The van der Waals surface area contributed by atoms with Crippen molar-refractivity contribution in [1.82, 2.24) is 19.9 Å². The Morgan fingerprint density at radius 3 is 1.55 bits per heavy atom. The molecule has 5 nitrogen and oxygen atoms in total. The largest absolute Gasteiger partial charge is 0.456 e. The van der Waals surface area contributed by atoms with Crippen LogP contribution in [0.2, 0.25) is 0 Å². The van der Waals surface area contributed by atoms with E-state index in [0.717, 1.165) is 77.8 Å². The first kappa shape index (κ1) is 28.5. The predicted molar refractivity (Wildman–Crippen MR) is 198 cm³/mol. The molecule has 0 aliphatic heterocycles. The lowest BCUT2D eigenvalue weighted by Crippen LogP contribution is -1.96. The van der Waals surface area contributed by atoms with Crippen LogP contribution in [0.25, 0.3) is 89.2 Å². The van der Waals surface area contributed by atoms with Gasteiger partial charge in [0.05, 0.1) is 11.4 Å². The van der Waals surface area contributed by atoms with E-state index in [4.69, 9.17) is 14.4 Å². The molecule has 0 atom stereocenters. The standard InChI is InChI=1S/C44H28N4O/c1-2-7-29(8-3-1)33-17-19-42-38(24-33)39-25-35(18-20-43(39)49-42)44-47-40(31-15-13-30(14-16-31)36-11-5-21-45-27-36)26-41(48-44)34-10-4-9-32(23-34)37-12-6-22-46-28-37/h1-28H. The number of furan rings is 1. The number of hydrogen-bond donors (Lipinski definition) is 0. The van der Waals surface area contributed by atoms with Gasteiger partial charge in [-0.05, 0) is 82.4 Å². The third-order valence-electron chi connectivity index (χ3n) is 8.89. The first-order chi connectivity index (χ1) is 24.2. The summed E-state index contributed by atoms with van der Waals surface area (Å²) in [7, 11) is 0. The first-order valence-corrected chi connectivity index (χ1v) is 16.2. The molecule has 9 aromatic rings. The Kier molecular flexibility index (Phi) is 7.06. The summed E-state index contributed by atoms with van der Waals surface area (Å²) in [5.74, 6) is 0.645. The fourth-order valence-corrected chi connectivity index (χ4v) is 6.36. The molecule has 5 aromatic carbocycles. The monoisotopic (exact) mass is 628 g/mol. The number of rotatable bonds is 6. The Labute approximate surface area is 283 Å². The molecule has 0 N–H and O–H groups in total. The summed E-state index contributed by atoms with van der Waals surface area (Å²) >= 11 is 0. The van der Waals surface area contributed by atoms with Gasteiger partial charge in [0.25, 0.3) is 0 Å². The highest BCUT2D eigenvalue weighted by Gasteiger charge is 2.15. The highest BCUT2D eigenvalue weighted by Crippen LogP contribution is 2.36. The molecular formula is C44H28N4O. The second-order valence-electron chi connectivity index (χ2n) is 12.0. The molecule has 9 rings (SSSR count). The third-order valence-corrected chi connectivity index (χ3v) is 8.89. The summed E-state index contributed by atoms with van der Waals surface area (Å²) in [6.45, 7) is 0. The number of aromatic nitrogens is 4. The van der Waals surface area contributed by atoms with Crippen LogP contribution in [-0.2, 0) is 0 Å². The van der Waals surface area contributed by atoms with Crippen LogP contribution in [0.1, 0.15) is 0 Å². The average molecular weight is 629 g/mol. The summed E-state index contributed by atoms with van der Waals surface area (Å²) in [6, 6.07) is 50.0. The Hall–Kier alpha value is -6.72. The summed E-state index contributed by atoms with van der Waals surface area (Å²) < 4.78 is 6.27. The smallest absolute Gasteiger partial charge is 0.160 e. The molecule has 0 saturated carbocycles. The number of benzene rings is 5. The maximum atomic E-state index is 6.27. The lowest BCUT2D eigenvalue weighted by Gasteiger charge is -2.11. The third kappa shape index (κ3) is 5.53. The predicted octanol–water partition coefficient (Wildman–Crippen LogP) is 11.2. The quantitative estimate of drug-likeness (QED) is 0.183. The van der Waals surface area contributed by atoms with E-state index in [2.05, 4.69) is 125 Å². The van der Waals surface area contributed by atoms with E-state index in [1.165, 1.54) is 5.56 Å². The van der Waals surface area contributed by atoms with Crippen LogP contribution in [0.3, 0.4) is 0 Å². The van der Waals surface area contributed by atoms with Gasteiger partial charge in [-0.1, -0.05) is 91.0 Å². The fraction of sp³-hybridized carbons (Fsp3) is 0. The van der Waals surface area contributed by atoms with Crippen LogP contribution in [-0.4, -0.2) is 19.9 Å². The van der Waals surface area contributed by atoms with E-state index in [0.29, 0.717) is 5.82 Å². The Morgan fingerprint density at radius 1 is 0.347 bits per heavy atom. The van der Waals surface area contributed by atoms with E-state index >= 15 is 0 Å². The Bertz CT molecular complexity index is 2580. The van der Waals surface area contributed by atoms with Gasteiger partial charge in [-0.2, -0.15) is 0 Å². The van der Waals surface area contributed by atoms with E-state index in [1.807, 2.05) is 42.7 Å². The van der Waals surface area contributed by atoms with Crippen molar-refractivity contribution in [3.8, 4) is 67.3 Å². The maximum Gasteiger partial charge on any atom is 0.160 e. The molecular weight excluding hydrogens is 601 g/mol. The second kappa shape index (κ2) is 12.1. The van der Waals surface area contributed by atoms with Crippen LogP contribution >= 0.6 is 0 Å². The van der Waals surface area contributed by atoms with Crippen LogP contribution in [0.4, 0.5) is 0 Å². The molecule has 49 heavy (non-hydrogen) atoms. The molecule has 0 saturated heterocycles. The van der Waals surface area contributed by atoms with Gasteiger partial charge in [-0.3, -0.25) is 9.97 Å². The van der Waals surface area contributed by atoms with Crippen molar-refractivity contribution >= 4 is 21.9 Å². The Morgan fingerprint density at radius 2 is 0.857 bits per heavy atom. The molecule has 4 heterocycles. The van der Waals surface area contributed by atoms with Crippen molar-refractivity contribution < 1.29 is 4.42 Å². The normalized spacial score (nSPS) is 11.3. The first-order valence-electron chi connectivity index (χ1n) is 16.2. The van der Waals surface area contributed by atoms with Gasteiger partial charge in [0.15, 0.2) is 5.82 Å². The molecule has 0 aliphatic rings. The fourth-order valence-electron chi connectivity index (χ4n) is 6.36. The minimum Gasteiger partial charge on any atom is -0.456 e. The van der Waals surface area contributed by atoms with E-state index < -0.39 is 0 Å². The molecule has 0 radical (unpaired) electrons. The van der Waals surface area contributed by atoms with Crippen molar-refractivity contribution in [2.24, 2.45) is 0 Å². The van der Waals surface area contributed by atoms with Crippen molar-refractivity contribution in [3.05, 3.63) is 170 Å². The second-order valence-corrected chi connectivity index (χ2v) is 12.0. The van der Waals surface area contributed by atoms with Crippen molar-refractivity contribution in [2.75, 3.05) is 0 Å². The van der Waals surface area contributed by atoms with Gasteiger partial charge < -0.3 is 4.42 Å². The van der Waals surface area contributed by atoms with Gasteiger partial charge >= 0.3 is 0 Å². The van der Waals surface area contributed by atoms with Crippen molar-refractivity contribution in [2.45, 2.75) is 0 Å². The molecule has 0 aliphatic carbocycles. The minimum absolute atomic E-state index is 0.645. The maximum absolute atomic E-state index is 6.27. The van der Waals surface area contributed by atoms with E-state index in [1.54, 1.807) is 12.4 Å². The van der Waals surface area contributed by atoms with Gasteiger partial charge in [0.1, 0.15) is 11.2 Å². The lowest BCUT2D eigenvalue weighted by molar-refractivity contribution is 0.669. The van der Waals surface area contributed by atoms with Gasteiger partial charge in [0.2, 0.25) is 0 Å². The van der Waals surface area contributed by atoms with Gasteiger partial charge in [-0.15, -0.1) is 0 Å². The number of hydrogen-bond acceptors (Lipinski definition) is 5. The molecule has 4 aromatic heterocycles. The van der Waals surface area contributed by atoms with Crippen LogP contribution in [0.5, 0.6) is 0 Å². The minimum atomic E-state index is 0.645. The van der Waals surface area contributed by atoms with E-state index in [-0.39, 0.29) is 0 Å².